The third-order valence-electron chi connectivity index (χ3n) is 4.02. The minimum absolute atomic E-state index is 0.0458. The minimum Gasteiger partial charge on any atom is -0.461 e. The summed E-state index contributed by atoms with van der Waals surface area (Å²) < 4.78 is 10.9. The maximum absolute atomic E-state index is 12.6. The van der Waals surface area contributed by atoms with Crippen LogP contribution in [0.25, 0.3) is 0 Å². The van der Waals surface area contributed by atoms with Crippen LogP contribution in [0, 0.1) is 0 Å². The van der Waals surface area contributed by atoms with E-state index in [1.165, 1.54) is 4.90 Å². The Labute approximate surface area is 148 Å². The largest absolute Gasteiger partial charge is 0.461 e. The second-order valence-corrected chi connectivity index (χ2v) is 7.00. The lowest BCUT2D eigenvalue weighted by Gasteiger charge is -2.34. The van der Waals surface area contributed by atoms with Gasteiger partial charge in [0.05, 0.1) is 29.4 Å². The number of imide groups is 1. The molecular weight excluding hydrogens is 322 g/mol. The predicted molar refractivity (Wildman–Crippen MR) is 92.3 cm³/mol. The molecule has 1 unspecified atom stereocenters. The molecule has 0 aromatic heterocycles. The molecule has 2 amide bonds. The van der Waals surface area contributed by atoms with Crippen molar-refractivity contribution in [2.45, 2.75) is 58.8 Å². The van der Waals surface area contributed by atoms with Crippen LogP contribution in [0.1, 0.15) is 61.8 Å². The summed E-state index contributed by atoms with van der Waals surface area (Å²) in [5.74, 6) is -1.12. The smallest absolute Gasteiger partial charge is 0.335 e. The van der Waals surface area contributed by atoms with Crippen molar-refractivity contribution in [2.24, 2.45) is 0 Å². The number of hydrogen-bond donors (Lipinski definition) is 0. The Hall–Kier alpha value is -2.21. The summed E-state index contributed by atoms with van der Waals surface area (Å²) in [5.41, 5.74) is -0.0997. The van der Waals surface area contributed by atoms with E-state index in [2.05, 4.69) is 0 Å². The fourth-order valence-electron chi connectivity index (χ4n) is 2.77. The van der Waals surface area contributed by atoms with Gasteiger partial charge in [-0.25, -0.2) is 4.79 Å². The zero-order valence-electron chi connectivity index (χ0n) is 15.4. The van der Waals surface area contributed by atoms with Gasteiger partial charge >= 0.3 is 5.97 Å². The molecule has 6 heteroatoms. The average molecular weight is 347 g/mol. The summed E-state index contributed by atoms with van der Waals surface area (Å²) in [7, 11) is 0. The van der Waals surface area contributed by atoms with E-state index >= 15 is 0 Å². The van der Waals surface area contributed by atoms with E-state index in [0.29, 0.717) is 17.5 Å². The van der Waals surface area contributed by atoms with E-state index in [0.717, 1.165) is 0 Å². The molecule has 1 aliphatic rings. The Morgan fingerprint density at radius 2 is 1.64 bits per heavy atom. The van der Waals surface area contributed by atoms with Crippen LogP contribution in [0.15, 0.2) is 24.3 Å². The fraction of sp³-hybridized carbons (Fsp3) is 0.526. The van der Waals surface area contributed by atoms with Crippen molar-refractivity contribution in [3.63, 3.8) is 0 Å². The number of carbonyl (C=O) groups excluding carboxylic acids is 3. The van der Waals surface area contributed by atoms with Crippen LogP contribution in [0.4, 0.5) is 0 Å². The van der Waals surface area contributed by atoms with Gasteiger partial charge in [0.2, 0.25) is 0 Å². The van der Waals surface area contributed by atoms with Gasteiger partial charge in [0, 0.05) is 0 Å². The molecule has 0 radical (unpaired) electrons. The van der Waals surface area contributed by atoms with Crippen LogP contribution in [0.3, 0.4) is 0 Å². The van der Waals surface area contributed by atoms with Gasteiger partial charge in [-0.05, 0) is 46.2 Å². The molecule has 1 aromatic rings. The highest BCUT2D eigenvalue weighted by atomic mass is 16.6. The van der Waals surface area contributed by atoms with Crippen LogP contribution >= 0.6 is 0 Å². The molecule has 2 rings (SSSR count). The fourth-order valence-corrected chi connectivity index (χ4v) is 2.77. The van der Waals surface area contributed by atoms with E-state index in [-0.39, 0.29) is 24.5 Å². The van der Waals surface area contributed by atoms with Gasteiger partial charge in [-0.3, -0.25) is 14.5 Å². The van der Waals surface area contributed by atoms with Gasteiger partial charge in [-0.15, -0.1) is 0 Å². The molecular formula is C19H25NO5. The molecule has 1 aliphatic heterocycles. The molecule has 0 saturated carbocycles. The van der Waals surface area contributed by atoms with Gasteiger partial charge < -0.3 is 9.47 Å². The molecule has 0 bridgehead atoms. The molecule has 136 valence electrons. The summed E-state index contributed by atoms with van der Waals surface area (Å²) >= 11 is 0. The maximum Gasteiger partial charge on any atom is 0.335 e. The molecule has 0 spiro atoms. The van der Waals surface area contributed by atoms with Crippen molar-refractivity contribution < 1.29 is 23.9 Å². The number of fused-ring (bicyclic) bond motifs is 1. The molecule has 1 heterocycles. The van der Waals surface area contributed by atoms with Crippen LogP contribution < -0.4 is 0 Å². The van der Waals surface area contributed by atoms with Gasteiger partial charge in [0.1, 0.15) is 0 Å². The second kappa shape index (κ2) is 7.35. The monoisotopic (exact) mass is 347 g/mol. The molecule has 0 fully saturated rings. The SMILES string of the molecule is CCC(OCC(C)(C)N1C(=O)c2ccccc2C1=O)C(=O)OC(C)C. The number of ether oxygens (including phenoxy) is 2. The molecule has 0 saturated heterocycles. The highest BCUT2D eigenvalue weighted by Crippen LogP contribution is 2.29. The number of esters is 1. The standard InChI is InChI=1S/C19H25NO5/c1-6-15(18(23)25-12(2)3)24-11-19(4,5)20-16(21)13-9-7-8-10-14(13)17(20)22/h7-10,12,15H,6,11H2,1-5H3. The topological polar surface area (TPSA) is 72.9 Å². The maximum atomic E-state index is 12.6. The average Bonchev–Trinajstić information content (AvgIpc) is 2.79. The molecule has 1 atom stereocenters. The van der Waals surface area contributed by atoms with Crippen LogP contribution in [-0.4, -0.2) is 47.0 Å². The number of hydrogen-bond acceptors (Lipinski definition) is 5. The van der Waals surface area contributed by atoms with Gasteiger partial charge in [-0.2, -0.15) is 0 Å². The van der Waals surface area contributed by atoms with E-state index < -0.39 is 17.6 Å². The van der Waals surface area contributed by atoms with E-state index in [1.807, 2.05) is 6.92 Å². The molecule has 0 aliphatic carbocycles. The Kier molecular flexibility index (Phi) is 5.62. The quantitative estimate of drug-likeness (QED) is 0.560. The number of nitrogens with zero attached hydrogens (tertiary/aromatic N) is 1. The summed E-state index contributed by atoms with van der Waals surface area (Å²) in [4.78, 5) is 38.5. The lowest BCUT2D eigenvalue weighted by Crippen LogP contribution is -2.51. The summed E-state index contributed by atoms with van der Waals surface area (Å²) in [6.07, 6.45) is -0.504. The molecule has 6 nitrogen and oxygen atoms in total. The minimum atomic E-state index is -0.890. The highest BCUT2D eigenvalue weighted by molar-refractivity contribution is 6.21. The Morgan fingerprint density at radius 3 is 2.08 bits per heavy atom. The first-order valence-corrected chi connectivity index (χ1v) is 8.49. The van der Waals surface area contributed by atoms with Crippen molar-refractivity contribution in [1.29, 1.82) is 0 Å². The summed E-state index contributed by atoms with van der Waals surface area (Å²) in [6, 6.07) is 6.74. The van der Waals surface area contributed by atoms with Crippen molar-refractivity contribution in [2.75, 3.05) is 6.61 Å². The molecule has 1 aromatic carbocycles. The van der Waals surface area contributed by atoms with Crippen LogP contribution in [0.5, 0.6) is 0 Å². The third kappa shape index (κ3) is 3.90. The molecule has 25 heavy (non-hydrogen) atoms. The first-order valence-electron chi connectivity index (χ1n) is 8.49. The summed E-state index contributed by atoms with van der Waals surface area (Å²) in [6.45, 7) is 8.90. The van der Waals surface area contributed by atoms with Crippen LogP contribution in [0.2, 0.25) is 0 Å². The first kappa shape index (κ1) is 19.1. The number of benzene rings is 1. The predicted octanol–water partition coefficient (Wildman–Crippen LogP) is 2.81. The third-order valence-corrected chi connectivity index (χ3v) is 4.02. The lowest BCUT2D eigenvalue weighted by atomic mass is 10.0. The number of rotatable bonds is 7. The molecule has 0 N–H and O–H groups in total. The van der Waals surface area contributed by atoms with Crippen molar-refractivity contribution in [1.82, 2.24) is 4.90 Å². The van der Waals surface area contributed by atoms with Crippen molar-refractivity contribution >= 4 is 17.8 Å². The normalized spacial score (nSPS) is 15.5. The van der Waals surface area contributed by atoms with Crippen molar-refractivity contribution in [3.8, 4) is 0 Å². The number of carbonyl (C=O) groups is 3. The van der Waals surface area contributed by atoms with E-state index in [1.54, 1.807) is 52.0 Å². The van der Waals surface area contributed by atoms with E-state index in [4.69, 9.17) is 9.47 Å². The summed E-state index contributed by atoms with van der Waals surface area (Å²) in [5, 5.41) is 0. The van der Waals surface area contributed by atoms with E-state index in [9.17, 15) is 14.4 Å². The zero-order chi connectivity index (χ0) is 18.8. The Balaban J connectivity index is 2.10. The van der Waals surface area contributed by atoms with Crippen molar-refractivity contribution in [3.05, 3.63) is 35.4 Å². The lowest BCUT2D eigenvalue weighted by molar-refractivity contribution is -0.163. The number of amides is 2. The zero-order valence-corrected chi connectivity index (χ0v) is 15.4. The first-order chi connectivity index (χ1) is 11.7. The highest BCUT2D eigenvalue weighted by Gasteiger charge is 2.44. The van der Waals surface area contributed by atoms with Gasteiger partial charge in [0.15, 0.2) is 6.10 Å². The Morgan fingerprint density at radius 1 is 1.12 bits per heavy atom. The van der Waals surface area contributed by atoms with Crippen LogP contribution in [-0.2, 0) is 14.3 Å². The van der Waals surface area contributed by atoms with Gasteiger partial charge in [-0.1, -0.05) is 19.1 Å². The Bertz CT molecular complexity index is 645. The van der Waals surface area contributed by atoms with Gasteiger partial charge in [0.25, 0.3) is 11.8 Å². The second-order valence-electron chi connectivity index (χ2n) is 7.00.